The van der Waals surface area contributed by atoms with Gasteiger partial charge in [-0.15, -0.1) is 12.4 Å². The number of halogens is 7. The number of benzene rings is 5. The zero-order chi connectivity index (χ0) is 55.6. The van der Waals surface area contributed by atoms with E-state index in [1.807, 2.05) is 117 Å². The van der Waals surface area contributed by atoms with Crippen molar-refractivity contribution in [2.75, 3.05) is 21.1 Å². The zero-order valence-electron chi connectivity index (χ0n) is 45.0. The van der Waals surface area contributed by atoms with Crippen molar-refractivity contribution >= 4 is 115 Å². The number of alkyl halides is 1. The average molecular weight is 1250 g/mol. The van der Waals surface area contributed by atoms with Gasteiger partial charge in [-0.1, -0.05) is 204 Å². The third kappa shape index (κ3) is 16.0. The number of carbonyl (C=O) groups excluding carboxylic acids is 4. The van der Waals surface area contributed by atoms with Crippen molar-refractivity contribution in [2.24, 2.45) is 10.9 Å². The normalized spacial score (nSPS) is 21.4. The molecule has 78 heavy (non-hydrogen) atoms. The topological polar surface area (TPSA) is 125 Å². The Bertz CT molecular complexity index is 2750. The third-order valence-corrected chi connectivity index (χ3v) is 18.7. The Morgan fingerprint density at radius 2 is 0.872 bits per heavy atom. The molecule has 5 aromatic carbocycles. The second-order valence-corrected chi connectivity index (χ2v) is 24.2. The second kappa shape index (κ2) is 31.1. The number of nitrogens with zero attached hydrogens (tertiary/aromatic N) is 1. The highest BCUT2D eigenvalue weighted by Crippen LogP contribution is 2.42. The van der Waals surface area contributed by atoms with Gasteiger partial charge in [0.05, 0.1) is 20.1 Å². The summed E-state index contributed by atoms with van der Waals surface area (Å²) >= 11 is 34.1. The fourth-order valence-corrected chi connectivity index (χ4v) is 13.6. The van der Waals surface area contributed by atoms with E-state index in [2.05, 4.69) is 31.6 Å². The highest BCUT2D eigenvalue weighted by molar-refractivity contribution is 9.10. The standard InChI is InChI=1S/3C13H16ClNO.C12H12BrClO.C12H13ClO.ClH/c1-15-12(13(16)8-4-5-9-13)10-6-2-3-7-11(10)14;2*1-15-13(9-5-4-8-12(13)16)10-6-2-3-7-11(10)14;13-12(7-3-4-8-12)11(15)9-5-1-2-6-10(9)14;13-11-8-4-3-7-10(11)12(14)9-5-1-2-6-9;/h2-3,6-7,16H,4-5,8-9H2,1H3;2*2-3,6-7,15H,4-5,8-9H2,1H3;1-2,5-6H,3-4,7-8H2;3-4,7-9H,1-2,5-6H2;1H. The van der Waals surface area contributed by atoms with Gasteiger partial charge in [0.15, 0.2) is 23.1 Å². The van der Waals surface area contributed by atoms with E-state index in [9.17, 15) is 24.3 Å². The third-order valence-electron chi connectivity index (χ3n) is 15.9. The summed E-state index contributed by atoms with van der Waals surface area (Å²) in [4.78, 5) is 52.9. The van der Waals surface area contributed by atoms with Crippen molar-refractivity contribution < 1.29 is 24.3 Å². The molecule has 5 saturated carbocycles. The summed E-state index contributed by atoms with van der Waals surface area (Å²) < 4.78 is -0.363. The maximum Gasteiger partial charge on any atom is 0.181 e. The van der Waals surface area contributed by atoms with Gasteiger partial charge >= 0.3 is 0 Å². The molecule has 0 bridgehead atoms. The Hall–Kier alpha value is -3.45. The summed E-state index contributed by atoms with van der Waals surface area (Å²) in [5.74, 6) is 1.09. The Balaban J connectivity index is 0.000000179. The second-order valence-electron chi connectivity index (χ2n) is 20.6. The van der Waals surface area contributed by atoms with Gasteiger partial charge in [-0.25, -0.2) is 0 Å². The summed E-state index contributed by atoms with van der Waals surface area (Å²) in [6.07, 6.45) is 19.2. The van der Waals surface area contributed by atoms with Crippen LogP contribution in [-0.4, -0.2) is 65.0 Å². The van der Waals surface area contributed by atoms with Crippen molar-refractivity contribution in [1.82, 2.24) is 10.6 Å². The summed E-state index contributed by atoms with van der Waals surface area (Å²) in [7, 11) is 5.40. The van der Waals surface area contributed by atoms with E-state index in [1.165, 1.54) is 12.8 Å². The van der Waals surface area contributed by atoms with Gasteiger partial charge in [0.1, 0.15) is 16.7 Å². The van der Waals surface area contributed by atoms with Crippen molar-refractivity contribution in [3.8, 4) is 0 Å². The summed E-state index contributed by atoms with van der Waals surface area (Å²) in [5.41, 5.74) is 2.87. The van der Waals surface area contributed by atoms with E-state index in [0.717, 1.165) is 125 Å². The Labute approximate surface area is 502 Å². The molecule has 0 spiro atoms. The lowest BCUT2D eigenvalue weighted by atomic mass is 9.75. The molecule has 2 unspecified atom stereocenters. The molecule has 5 aromatic rings. The van der Waals surface area contributed by atoms with E-state index in [0.29, 0.717) is 49.1 Å². The number of hydrogen-bond acceptors (Lipinski definition) is 8. The fraction of sp³-hybridized carbons (Fsp3) is 0.444. The molecule has 3 N–H and O–H groups in total. The molecule has 0 aromatic heterocycles. The van der Waals surface area contributed by atoms with Crippen LogP contribution in [0.15, 0.2) is 126 Å². The molecule has 5 fully saturated rings. The van der Waals surface area contributed by atoms with Gasteiger partial charge in [-0.05, 0) is 132 Å². The summed E-state index contributed by atoms with van der Waals surface area (Å²) in [6, 6.07) is 37.4. The van der Waals surface area contributed by atoms with E-state index in [1.54, 1.807) is 25.2 Å². The lowest BCUT2D eigenvalue weighted by Crippen LogP contribution is -2.49. The van der Waals surface area contributed by atoms with E-state index in [4.69, 9.17) is 58.0 Å². The van der Waals surface area contributed by atoms with Crippen LogP contribution >= 0.6 is 86.3 Å². The van der Waals surface area contributed by atoms with Gasteiger partial charge in [-0.3, -0.25) is 24.2 Å². The van der Waals surface area contributed by atoms with Gasteiger partial charge in [0, 0.05) is 57.6 Å². The monoisotopic (exact) mass is 1240 g/mol. The summed E-state index contributed by atoms with van der Waals surface area (Å²) in [6.45, 7) is 0. The van der Waals surface area contributed by atoms with Crippen LogP contribution in [0.4, 0.5) is 0 Å². The first-order valence-electron chi connectivity index (χ1n) is 27.2. The van der Waals surface area contributed by atoms with Crippen LogP contribution < -0.4 is 10.6 Å². The van der Waals surface area contributed by atoms with Gasteiger partial charge in [0.2, 0.25) is 0 Å². The average Bonchev–Trinajstić information content (AvgIpc) is 4.34. The van der Waals surface area contributed by atoms with Crippen LogP contribution in [0, 0.1) is 5.92 Å². The van der Waals surface area contributed by atoms with Crippen LogP contribution in [0.25, 0.3) is 0 Å². The number of carbonyl (C=O) groups is 4. The molecule has 0 aliphatic heterocycles. The minimum absolute atomic E-state index is 0. The largest absolute Gasteiger partial charge is 0.384 e. The van der Waals surface area contributed by atoms with Gasteiger partial charge in [-0.2, -0.15) is 0 Å². The molecule has 420 valence electrons. The van der Waals surface area contributed by atoms with E-state index < -0.39 is 16.7 Å². The maximum atomic E-state index is 12.3. The van der Waals surface area contributed by atoms with Crippen LogP contribution in [0.1, 0.15) is 166 Å². The predicted octanol–water partition coefficient (Wildman–Crippen LogP) is 17.2. The van der Waals surface area contributed by atoms with Crippen molar-refractivity contribution in [1.29, 1.82) is 0 Å². The number of aliphatic imine (C=N–C) groups is 1. The van der Waals surface area contributed by atoms with Crippen molar-refractivity contribution in [3.63, 3.8) is 0 Å². The molecular weight excluding hydrogens is 1170 g/mol. The number of nitrogens with one attached hydrogen (secondary N) is 2. The molecule has 2 atom stereocenters. The molecular formula is C63H74BrCl6N3O5. The quantitative estimate of drug-likeness (QED) is 0.0722. The van der Waals surface area contributed by atoms with Crippen LogP contribution in [-0.2, 0) is 20.7 Å². The van der Waals surface area contributed by atoms with Crippen LogP contribution in [0.3, 0.4) is 0 Å². The molecule has 0 saturated heterocycles. The minimum atomic E-state index is -0.778. The highest BCUT2D eigenvalue weighted by Gasteiger charge is 2.43. The summed E-state index contributed by atoms with van der Waals surface area (Å²) in [5, 5.41) is 20.1. The number of rotatable bonds is 10. The Morgan fingerprint density at radius 1 is 0.513 bits per heavy atom. The van der Waals surface area contributed by atoms with Gasteiger partial charge < -0.3 is 15.7 Å². The van der Waals surface area contributed by atoms with Gasteiger partial charge in [0.25, 0.3) is 0 Å². The molecule has 5 aliphatic carbocycles. The van der Waals surface area contributed by atoms with Crippen LogP contribution in [0.5, 0.6) is 0 Å². The molecule has 5 aliphatic rings. The molecule has 0 amide bonds. The minimum Gasteiger partial charge on any atom is -0.384 e. The van der Waals surface area contributed by atoms with Crippen molar-refractivity contribution in [3.05, 3.63) is 174 Å². The van der Waals surface area contributed by atoms with Crippen molar-refractivity contribution in [2.45, 2.75) is 149 Å². The first-order chi connectivity index (χ1) is 37.0. The number of aliphatic hydroxyl groups is 1. The molecule has 0 heterocycles. The fourth-order valence-electron chi connectivity index (χ4n) is 11.6. The molecule has 10 rings (SSSR count). The number of hydrogen-bond donors (Lipinski definition) is 3. The highest BCUT2D eigenvalue weighted by atomic mass is 79.9. The number of likely N-dealkylation sites (N-methyl/N-ethyl adjacent to an activating group) is 2. The van der Waals surface area contributed by atoms with Crippen LogP contribution in [0.2, 0.25) is 25.1 Å². The maximum absolute atomic E-state index is 12.3. The Kier molecular flexibility index (Phi) is 26.1. The molecule has 8 nitrogen and oxygen atoms in total. The lowest BCUT2D eigenvalue weighted by molar-refractivity contribution is -0.128. The molecule has 15 heteroatoms. The Morgan fingerprint density at radius 3 is 1.26 bits per heavy atom. The lowest BCUT2D eigenvalue weighted by Gasteiger charge is -2.36. The SMILES string of the molecule is CN=C(c1ccccc1Cl)C1(O)CCCC1.CNC1(c2ccccc2Cl)CCCCC1=O.CNC1(c2ccccc2Cl)CCCCC1=O.Cl.O=C(c1ccccc1Cl)C1(Br)CCCC1.O=C(c1ccccc1Cl)C1CCCC1. The first kappa shape index (κ1) is 65.4. The van der Waals surface area contributed by atoms with E-state index in [-0.39, 0.29) is 45.8 Å². The first-order valence-corrected chi connectivity index (χ1v) is 29.8. The smallest absolute Gasteiger partial charge is 0.181 e. The zero-order valence-corrected chi connectivity index (χ0v) is 51.2. The molecule has 0 radical (unpaired) electrons. The van der Waals surface area contributed by atoms with E-state index >= 15 is 0 Å². The predicted molar refractivity (Wildman–Crippen MR) is 330 cm³/mol. The number of ketones is 4. The number of Topliss-reactive ketones (excluding diaryl/α,β-unsaturated/α-hetero) is 4.